The minimum absolute atomic E-state index is 0.219. The van der Waals surface area contributed by atoms with Gasteiger partial charge in [0, 0.05) is 0 Å². The van der Waals surface area contributed by atoms with Gasteiger partial charge in [-0.15, -0.1) is 10.1 Å². The van der Waals surface area contributed by atoms with E-state index in [0.29, 0.717) is 9.13 Å². The van der Waals surface area contributed by atoms with Crippen molar-refractivity contribution >= 4 is 27.5 Å². The van der Waals surface area contributed by atoms with Crippen LogP contribution in [-0.2, 0) is 22.9 Å². The summed E-state index contributed by atoms with van der Waals surface area (Å²) in [6, 6.07) is 2.00. The molecule has 0 spiro atoms. The summed E-state index contributed by atoms with van der Waals surface area (Å²) in [5, 5.41) is 16.9. The number of hydrogen-bond acceptors (Lipinski definition) is 8. The molecule has 0 aliphatic heterocycles. The minimum atomic E-state index is -1.41. The average molecular weight is 349 g/mol. The van der Waals surface area contributed by atoms with E-state index in [1.165, 1.54) is 0 Å². The summed E-state index contributed by atoms with van der Waals surface area (Å²) in [6.07, 6.45) is 0. The maximum Gasteiger partial charge on any atom is 0.323 e. The zero-order chi connectivity index (χ0) is 18.5. The molecule has 12 heteroatoms. The van der Waals surface area contributed by atoms with Crippen LogP contribution >= 0.6 is 0 Å². The van der Waals surface area contributed by atoms with E-state index in [1.807, 2.05) is 0 Å². The van der Waals surface area contributed by atoms with Gasteiger partial charge < -0.3 is 5.11 Å². The predicted octanol–water partition coefficient (Wildman–Crippen LogP) is -1.84. The first kappa shape index (κ1) is 16.0. The first-order valence-electron chi connectivity index (χ1n) is 6.62. The normalized spacial score (nSPS) is 11.2. The summed E-state index contributed by atoms with van der Waals surface area (Å²) in [4.78, 5) is 73.6. The van der Waals surface area contributed by atoms with Crippen LogP contribution in [0.3, 0.4) is 0 Å². The van der Waals surface area contributed by atoms with E-state index in [1.54, 1.807) is 0 Å². The van der Waals surface area contributed by atoms with Crippen LogP contribution in [-0.4, -0.2) is 25.3 Å². The molecule has 0 saturated heterocycles. The van der Waals surface area contributed by atoms with Gasteiger partial charge in [-0.1, -0.05) is 0 Å². The lowest BCUT2D eigenvalue weighted by Crippen LogP contribution is -2.29. The molecule has 0 aliphatic rings. The van der Waals surface area contributed by atoms with Gasteiger partial charge in [0.05, 0.1) is 21.5 Å². The Balaban J connectivity index is 2.32. The summed E-state index contributed by atoms with van der Waals surface area (Å²) in [5.41, 5.74) is -3.68. The van der Waals surface area contributed by atoms with Gasteiger partial charge >= 0.3 is 5.97 Å². The highest BCUT2D eigenvalue weighted by molar-refractivity contribution is 5.97. The second kappa shape index (κ2) is 5.36. The van der Waals surface area contributed by atoms with Crippen LogP contribution in [0, 0.1) is 10.1 Å². The quantitative estimate of drug-likeness (QED) is 0.411. The summed E-state index contributed by atoms with van der Waals surface area (Å²) in [7, 11) is 0. The molecule has 2 aromatic heterocycles. The number of carboxylic acids is 1. The number of aromatic nitrogens is 2. The monoisotopic (exact) mass is 349 g/mol. The van der Waals surface area contributed by atoms with Gasteiger partial charge in [-0.3, -0.25) is 33.4 Å². The highest BCUT2D eigenvalue weighted by Crippen LogP contribution is 2.14. The Labute approximate surface area is 134 Å². The third-order valence-corrected chi connectivity index (χ3v) is 3.65. The fourth-order valence-electron chi connectivity index (χ4n) is 2.57. The van der Waals surface area contributed by atoms with Gasteiger partial charge in [0.15, 0.2) is 6.73 Å². The average Bonchev–Trinajstić information content (AvgIpc) is 2.91. The van der Waals surface area contributed by atoms with Crippen LogP contribution in [0.25, 0.3) is 21.5 Å². The zero-order valence-electron chi connectivity index (χ0n) is 12.1. The van der Waals surface area contributed by atoms with Gasteiger partial charge in [0.2, 0.25) is 0 Å². The zero-order valence-corrected chi connectivity index (χ0v) is 12.1. The van der Waals surface area contributed by atoms with Gasteiger partial charge in [-0.2, -0.15) is 0 Å². The highest BCUT2D eigenvalue weighted by atomic mass is 17.0. The van der Waals surface area contributed by atoms with Crippen LogP contribution in [0.4, 0.5) is 0 Å². The second-order valence-electron chi connectivity index (χ2n) is 5.05. The molecular formula is C13H7N3O9. The third kappa shape index (κ3) is 2.36. The van der Waals surface area contributed by atoms with Crippen LogP contribution in [0.15, 0.2) is 31.3 Å². The molecule has 0 saturated carbocycles. The van der Waals surface area contributed by atoms with Crippen molar-refractivity contribution in [3.8, 4) is 0 Å². The van der Waals surface area contributed by atoms with Gasteiger partial charge in [-0.25, -0.2) is 4.57 Å². The maximum absolute atomic E-state index is 12.2. The van der Waals surface area contributed by atoms with E-state index in [0.717, 1.165) is 12.1 Å². The lowest BCUT2D eigenvalue weighted by molar-refractivity contribution is -0.767. The molecule has 1 N–H and O–H groups in total. The highest BCUT2D eigenvalue weighted by Gasteiger charge is 2.20. The molecule has 0 unspecified atom stereocenters. The molecule has 0 aliphatic carbocycles. The Hall–Kier alpha value is -3.83. The van der Waals surface area contributed by atoms with E-state index in [-0.39, 0.29) is 21.5 Å². The standard InChI is InChI=1S/C13H7N3O9/c17-9(18)3-14-10(19)5-1-7-8(2-6(5)11(14)20)13(22)15(12(7)21)4-25-16(23)24/h1-2H,3-4H2,(H,17,18). The molecule has 0 atom stereocenters. The molecule has 0 amide bonds. The largest absolute Gasteiger partial charge is 0.480 e. The minimum Gasteiger partial charge on any atom is -0.480 e. The molecule has 2 heterocycles. The lowest BCUT2D eigenvalue weighted by atomic mass is 10.1. The Bertz CT molecular complexity index is 1180. The van der Waals surface area contributed by atoms with Crippen molar-refractivity contribution in [3.63, 3.8) is 0 Å². The summed E-state index contributed by atoms with van der Waals surface area (Å²) in [6.45, 7) is -1.79. The van der Waals surface area contributed by atoms with Crippen molar-refractivity contribution in [2.45, 2.75) is 13.3 Å². The first-order valence-corrected chi connectivity index (χ1v) is 6.62. The molecule has 0 bridgehead atoms. The maximum atomic E-state index is 12.2. The SMILES string of the molecule is O=C(O)Cn1c(=O)c2cc3c(=O)n(CO[N+](=O)[O-])c(=O)c3cc2c1=O. The van der Waals surface area contributed by atoms with Crippen molar-refractivity contribution in [1.82, 2.24) is 9.13 Å². The Morgan fingerprint density at radius 2 is 1.36 bits per heavy atom. The Morgan fingerprint density at radius 1 is 0.960 bits per heavy atom. The smallest absolute Gasteiger partial charge is 0.323 e. The van der Waals surface area contributed by atoms with Gasteiger partial charge in [0.25, 0.3) is 27.3 Å². The Kier molecular flexibility index (Phi) is 3.44. The van der Waals surface area contributed by atoms with Crippen LogP contribution in [0.5, 0.6) is 0 Å². The number of carboxylic acid groups (broad SMARTS) is 1. The van der Waals surface area contributed by atoms with Crippen molar-refractivity contribution in [1.29, 1.82) is 0 Å². The predicted molar refractivity (Wildman–Crippen MR) is 80.6 cm³/mol. The van der Waals surface area contributed by atoms with E-state index < -0.39 is 46.6 Å². The lowest BCUT2D eigenvalue weighted by Gasteiger charge is -1.96. The van der Waals surface area contributed by atoms with E-state index >= 15 is 0 Å². The number of hydrogen-bond donors (Lipinski definition) is 1. The van der Waals surface area contributed by atoms with Crippen LogP contribution < -0.4 is 22.2 Å². The second-order valence-corrected chi connectivity index (χ2v) is 5.05. The van der Waals surface area contributed by atoms with Crippen LogP contribution in [0.1, 0.15) is 0 Å². The number of rotatable bonds is 5. The molecular weight excluding hydrogens is 342 g/mol. The van der Waals surface area contributed by atoms with Gasteiger partial charge in [0.1, 0.15) is 6.54 Å². The van der Waals surface area contributed by atoms with E-state index in [4.69, 9.17) is 5.11 Å². The van der Waals surface area contributed by atoms with Crippen molar-refractivity contribution in [2.75, 3.05) is 0 Å². The van der Waals surface area contributed by atoms with Crippen molar-refractivity contribution < 1.29 is 19.8 Å². The van der Waals surface area contributed by atoms with Crippen molar-refractivity contribution in [2.24, 2.45) is 0 Å². The number of benzene rings is 1. The number of fused-ring (bicyclic) bond motifs is 2. The summed E-state index contributed by atoms with van der Waals surface area (Å²) >= 11 is 0. The molecule has 0 fully saturated rings. The topological polar surface area (TPSA) is 168 Å². The molecule has 0 radical (unpaired) electrons. The third-order valence-electron chi connectivity index (χ3n) is 3.65. The summed E-state index contributed by atoms with van der Waals surface area (Å²) < 4.78 is 0.928. The van der Waals surface area contributed by atoms with Crippen molar-refractivity contribution in [3.05, 3.63) is 63.7 Å². The molecule has 3 aromatic rings. The van der Waals surface area contributed by atoms with E-state index in [9.17, 15) is 34.1 Å². The number of carbonyl (C=O) groups is 1. The molecule has 1 aromatic carbocycles. The number of aliphatic carboxylic acids is 1. The molecule has 12 nitrogen and oxygen atoms in total. The molecule has 128 valence electrons. The van der Waals surface area contributed by atoms with E-state index in [2.05, 4.69) is 4.84 Å². The Morgan fingerprint density at radius 3 is 1.72 bits per heavy atom. The number of nitrogens with zero attached hydrogens (tertiary/aromatic N) is 3. The first-order chi connectivity index (χ1) is 11.7. The van der Waals surface area contributed by atoms with Crippen LogP contribution in [0.2, 0.25) is 0 Å². The fraction of sp³-hybridized carbons (Fsp3) is 0.154. The summed E-state index contributed by atoms with van der Waals surface area (Å²) in [5.74, 6) is -1.41. The molecule has 3 rings (SSSR count). The fourth-order valence-corrected chi connectivity index (χ4v) is 2.57. The van der Waals surface area contributed by atoms with Gasteiger partial charge in [-0.05, 0) is 12.1 Å². The molecule has 25 heavy (non-hydrogen) atoms.